The van der Waals surface area contributed by atoms with Gasteiger partial charge in [-0.15, -0.1) is 0 Å². The number of rotatable bonds is 3. The van der Waals surface area contributed by atoms with E-state index in [-0.39, 0.29) is 18.4 Å². The van der Waals surface area contributed by atoms with E-state index < -0.39 is 5.97 Å². The molecular formula is C13H13N3O3S. The molecule has 2 heterocycles. The fourth-order valence-corrected chi connectivity index (χ4v) is 3.12. The minimum absolute atomic E-state index is 0.00619. The molecule has 1 amide bonds. The second kappa shape index (κ2) is 5.16. The molecule has 1 aliphatic heterocycles. The van der Waals surface area contributed by atoms with Crippen LogP contribution in [0.25, 0.3) is 11.0 Å². The quantitative estimate of drug-likeness (QED) is 0.931. The van der Waals surface area contributed by atoms with Crippen LogP contribution in [0.4, 0.5) is 0 Å². The molecule has 0 spiro atoms. The molecule has 0 radical (unpaired) electrons. The number of carbonyl (C=O) groups excluding carboxylic acids is 1. The second-order valence-corrected chi connectivity index (χ2v) is 5.39. The van der Waals surface area contributed by atoms with Gasteiger partial charge >= 0.3 is 5.97 Å². The number of carbonyl (C=O) groups is 2. The summed E-state index contributed by atoms with van der Waals surface area (Å²) in [6.45, 7) is 0.615. The Morgan fingerprint density at radius 3 is 2.95 bits per heavy atom. The molecule has 7 heteroatoms. The first-order chi connectivity index (χ1) is 9.65. The topological polar surface area (TPSA) is 83.4 Å². The Bertz CT molecular complexity index is 670. The standard InChI is InChI=1S/C13H13N3O3S/c17-12(18)7-9-2-1-5-16(9)13(19)8-3-4-10-11(6-8)15-20-14-10/h3-4,6,9H,1-2,5,7H2,(H,17,18). The van der Waals surface area contributed by atoms with Crippen molar-refractivity contribution in [2.24, 2.45) is 0 Å². The normalized spacial score (nSPS) is 18.6. The van der Waals surface area contributed by atoms with E-state index in [1.165, 1.54) is 0 Å². The molecule has 2 aromatic rings. The number of hydrogen-bond donors (Lipinski definition) is 1. The van der Waals surface area contributed by atoms with Crippen molar-refractivity contribution in [1.82, 2.24) is 13.6 Å². The maximum Gasteiger partial charge on any atom is 0.305 e. The molecule has 20 heavy (non-hydrogen) atoms. The van der Waals surface area contributed by atoms with Gasteiger partial charge in [0.15, 0.2) is 0 Å². The molecule has 104 valence electrons. The highest BCUT2D eigenvalue weighted by Gasteiger charge is 2.31. The van der Waals surface area contributed by atoms with Crippen molar-refractivity contribution in [3.8, 4) is 0 Å². The smallest absolute Gasteiger partial charge is 0.305 e. The van der Waals surface area contributed by atoms with Gasteiger partial charge in [0.1, 0.15) is 11.0 Å². The number of carboxylic acid groups (broad SMARTS) is 1. The van der Waals surface area contributed by atoms with E-state index in [2.05, 4.69) is 8.75 Å². The van der Waals surface area contributed by atoms with Gasteiger partial charge in [-0.1, -0.05) is 0 Å². The van der Waals surface area contributed by atoms with Crippen molar-refractivity contribution >= 4 is 34.6 Å². The van der Waals surface area contributed by atoms with Gasteiger partial charge in [0, 0.05) is 18.2 Å². The first-order valence-corrected chi connectivity index (χ1v) is 7.13. The Kier molecular flexibility index (Phi) is 3.35. The summed E-state index contributed by atoms with van der Waals surface area (Å²) in [5.41, 5.74) is 2.02. The summed E-state index contributed by atoms with van der Waals surface area (Å²) in [6.07, 6.45) is 1.61. The van der Waals surface area contributed by atoms with E-state index in [0.29, 0.717) is 17.6 Å². The van der Waals surface area contributed by atoms with E-state index in [9.17, 15) is 9.59 Å². The number of hydrogen-bond acceptors (Lipinski definition) is 5. The molecule has 1 saturated heterocycles. The zero-order chi connectivity index (χ0) is 14.1. The van der Waals surface area contributed by atoms with Crippen LogP contribution in [0.3, 0.4) is 0 Å². The van der Waals surface area contributed by atoms with Gasteiger partial charge in [0.25, 0.3) is 5.91 Å². The van der Waals surface area contributed by atoms with Gasteiger partial charge in [0.05, 0.1) is 18.1 Å². The second-order valence-electron chi connectivity index (χ2n) is 4.86. The number of amides is 1. The lowest BCUT2D eigenvalue weighted by molar-refractivity contribution is -0.137. The molecule has 1 unspecified atom stereocenters. The summed E-state index contributed by atoms with van der Waals surface area (Å²) in [4.78, 5) is 25.0. The molecule has 1 aromatic carbocycles. The number of aromatic nitrogens is 2. The Labute approximate surface area is 119 Å². The predicted octanol–water partition coefficient (Wildman–Crippen LogP) is 1.77. The van der Waals surface area contributed by atoms with Crippen LogP contribution in [-0.4, -0.2) is 43.2 Å². The van der Waals surface area contributed by atoms with E-state index in [0.717, 1.165) is 30.1 Å². The van der Waals surface area contributed by atoms with Gasteiger partial charge in [-0.05, 0) is 31.0 Å². The molecule has 3 rings (SSSR count). The molecule has 1 atom stereocenters. The molecule has 6 nitrogen and oxygen atoms in total. The molecule has 1 aliphatic rings. The van der Waals surface area contributed by atoms with Gasteiger partial charge in [-0.3, -0.25) is 9.59 Å². The van der Waals surface area contributed by atoms with Crippen LogP contribution in [0.1, 0.15) is 29.6 Å². The minimum Gasteiger partial charge on any atom is -0.481 e. The lowest BCUT2D eigenvalue weighted by Gasteiger charge is -2.23. The van der Waals surface area contributed by atoms with Crippen molar-refractivity contribution < 1.29 is 14.7 Å². The molecule has 1 fully saturated rings. The van der Waals surface area contributed by atoms with Crippen LogP contribution in [0.5, 0.6) is 0 Å². The molecule has 0 bridgehead atoms. The number of likely N-dealkylation sites (tertiary alicyclic amines) is 1. The molecular weight excluding hydrogens is 278 g/mol. The summed E-state index contributed by atoms with van der Waals surface area (Å²) < 4.78 is 8.22. The fourth-order valence-electron chi connectivity index (χ4n) is 2.60. The third-order valence-electron chi connectivity index (χ3n) is 3.55. The van der Waals surface area contributed by atoms with Gasteiger partial charge in [0.2, 0.25) is 0 Å². The summed E-state index contributed by atoms with van der Waals surface area (Å²) in [5, 5.41) is 8.90. The van der Waals surface area contributed by atoms with Gasteiger partial charge in [-0.25, -0.2) is 0 Å². The predicted molar refractivity (Wildman–Crippen MR) is 73.7 cm³/mol. The first kappa shape index (κ1) is 13.0. The summed E-state index contributed by atoms with van der Waals surface area (Å²) in [5.74, 6) is -0.988. The van der Waals surface area contributed by atoms with E-state index in [1.54, 1.807) is 23.1 Å². The highest BCUT2D eigenvalue weighted by atomic mass is 32.1. The SMILES string of the molecule is O=C(O)CC1CCCN1C(=O)c1ccc2nsnc2c1. The van der Waals surface area contributed by atoms with Gasteiger partial charge < -0.3 is 10.0 Å². The van der Waals surface area contributed by atoms with Crippen LogP contribution in [0.2, 0.25) is 0 Å². The summed E-state index contributed by atoms with van der Waals surface area (Å²) in [7, 11) is 0. The van der Waals surface area contributed by atoms with E-state index in [1.807, 2.05) is 0 Å². The number of aliphatic carboxylic acids is 1. The third kappa shape index (κ3) is 2.36. The zero-order valence-corrected chi connectivity index (χ0v) is 11.5. The maximum absolute atomic E-state index is 12.5. The summed E-state index contributed by atoms with van der Waals surface area (Å²) in [6, 6.07) is 5.01. The van der Waals surface area contributed by atoms with E-state index in [4.69, 9.17) is 5.11 Å². The average molecular weight is 291 g/mol. The van der Waals surface area contributed by atoms with Crippen LogP contribution in [-0.2, 0) is 4.79 Å². The van der Waals surface area contributed by atoms with Crippen molar-refractivity contribution in [2.75, 3.05) is 6.54 Å². The van der Waals surface area contributed by atoms with Crippen LogP contribution < -0.4 is 0 Å². The first-order valence-electron chi connectivity index (χ1n) is 6.40. The molecule has 0 aliphatic carbocycles. The Balaban J connectivity index is 1.85. The Morgan fingerprint density at radius 1 is 1.35 bits per heavy atom. The molecule has 0 saturated carbocycles. The molecule has 1 N–H and O–H groups in total. The third-order valence-corrected chi connectivity index (χ3v) is 4.11. The van der Waals surface area contributed by atoms with Gasteiger partial charge in [-0.2, -0.15) is 8.75 Å². The Hall–Kier alpha value is -2.02. The lowest BCUT2D eigenvalue weighted by atomic mass is 10.1. The van der Waals surface area contributed by atoms with Crippen molar-refractivity contribution in [1.29, 1.82) is 0 Å². The van der Waals surface area contributed by atoms with Crippen LogP contribution in [0.15, 0.2) is 18.2 Å². The van der Waals surface area contributed by atoms with Crippen molar-refractivity contribution in [3.63, 3.8) is 0 Å². The largest absolute Gasteiger partial charge is 0.481 e. The lowest BCUT2D eigenvalue weighted by Crippen LogP contribution is -2.36. The van der Waals surface area contributed by atoms with Crippen molar-refractivity contribution in [3.05, 3.63) is 23.8 Å². The monoisotopic (exact) mass is 291 g/mol. The van der Waals surface area contributed by atoms with E-state index >= 15 is 0 Å². The Morgan fingerprint density at radius 2 is 2.15 bits per heavy atom. The van der Waals surface area contributed by atoms with Crippen LogP contribution in [0, 0.1) is 0 Å². The highest BCUT2D eigenvalue weighted by molar-refractivity contribution is 7.00. The number of benzene rings is 1. The number of nitrogens with zero attached hydrogens (tertiary/aromatic N) is 3. The maximum atomic E-state index is 12.5. The fraction of sp³-hybridized carbons (Fsp3) is 0.385. The highest BCUT2D eigenvalue weighted by Crippen LogP contribution is 2.23. The number of carboxylic acids is 1. The average Bonchev–Trinajstić information content (AvgIpc) is 3.04. The molecule has 1 aromatic heterocycles. The minimum atomic E-state index is -0.867. The number of fused-ring (bicyclic) bond motifs is 1. The van der Waals surface area contributed by atoms with Crippen molar-refractivity contribution in [2.45, 2.75) is 25.3 Å². The summed E-state index contributed by atoms with van der Waals surface area (Å²) >= 11 is 1.11. The van der Waals surface area contributed by atoms with Crippen LogP contribution >= 0.6 is 11.7 Å². The zero-order valence-electron chi connectivity index (χ0n) is 10.7.